The molecule has 0 aliphatic rings. The molecule has 0 atom stereocenters. The number of nitro groups is 1. The van der Waals surface area contributed by atoms with Gasteiger partial charge in [-0.2, -0.15) is 0 Å². The minimum Gasteiger partial charge on any atom is -0.306 e. The predicted molar refractivity (Wildman–Crippen MR) is 119 cm³/mol. The van der Waals surface area contributed by atoms with E-state index < -0.39 is 21.0 Å². The fraction of sp³-hybridized carbons (Fsp3) is 0. The molecule has 0 aliphatic heterocycles. The zero-order valence-corrected chi connectivity index (χ0v) is 17.8. The van der Waals surface area contributed by atoms with E-state index in [-0.39, 0.29) is 27.0 Å². The van der Waals surface area contributed by atoms with Crippen LogP contribution in [0.2, 0.25) is 10.0 Å². The van der Waals surface area contributed by atoms with E-state index in [9.17, 15) is 23.3 Å². The predicted octanol–water partition coefficient (Wildman–Crippen LogP) is 5.35. The number of nitrogens with zero attached hydrogens (tertiary/aromatic N) is 1. The summed E-state index contributed by atoms with van der Waals surface area (Å²) >= 11 is 11.9. The van der Waals surface area contributed by atoms with Crippen LogP contribution >= 0.6 is 23.2 Å². The molecule has 0 bridgehead atoms. The normalized spacial score (nSPS) is 10.9. The molecular weight excluding hydrogens is 467 g/mol. The Morgan fingerprint density at radius 1 is 0.871 bits per heavy atom. The molecule has 160 valence electrons. The van der Waals surface area contributed by atoms with E-state index in [1.807, 2.05) is 0 Å². The Morgan fingerprint density at radius 2 is 1.48 bits per heavy atom. The number of para-hydroxylation sites is 2. The summed E-state index contributed by atoms with van der Waals surface area (Å²) in [5.41, 5.74) is 0.347. The smallest absolute Gasteiger partial charge is 0.306 e. The molecule has 3 aromatic rings. The number of hydrogen-bond acceptors (Lipinski definition) is 5. The number of nitro benzene ring substituents is 1. The minimum atomic E-state index is -4.06. The van der Waals surface area contributed by atoms with Crippen molar-refractivity contribution in [3.05, 3.63) is 86.9 Å². The van der Waals surface area contributed by atoms with Crippen LogP contribution in [0, 0.1) is 10.1 Å². The van der Waals surface area contributed by atoms with Crippen molar-refractivity contribution in [3.8, 4) is 0 Å². The Morgan fingerprint density at radius 3 is 2.10 bits per heavy atom. The molecule has 31 heavy (non-hydrogen) atoms. The minimum absolute atomic E-state index is 0.0956. The zero-order chi connectivity index (χ0) is 22.6. The highest BCUT2D eigenvalue weighted by molar-refractivity contribution is 7.92. The second kappa shape index (κ2) is 9.21. The van der Waals surface area contributed by atoms with E-state index in [2.05, 4.69) is 15.4 Å². The van der Waals surface area contributed by atoms with Crippen LogP contribution in [-0.4, -0.2) is 19.4 Å². The number of benzene rings is 3. The van der Waals surface area contributed by atoms with Gasteiger partial charge in [0, 0.05) is 17.2 Å². The Balaban J connectivity index is 1.78. The maximum Gasteiger partial charge on any atom is 0.323 e. The summed E-state index contributed by atoms with van der Waals surface area (Å²) in [5, 5.41) is 16.5. The molecule has 12 heteroatoms. The molecule has 0 unspecified atom stereocenters. The van der Waals surface area contributed by atoms with E-state index in [1.54, 1.807) is 18.2 Å². The quantitative estimate of drug-likeness (QED) is 0.323. The first-order valence-electron chi connectivity index (χ1n) is 8.55. The number of sulfonamides is 1. The van der Waals surface area contributed by atoms with E-state index in [1.165, 1.54) is 24.3 Å². The van der Waals surface area contributed by atoms with Crippen molar-refractivity contribution in [3.63, 3.8) is 0 Å². The molecule has 0 heterocycles. The summed E-state index contributed by atoms with van der Waals surface area (Å²) in [6.07, 6.45) is 0. The molecular formula is C19H14Cl2N4O5S. The van der Waals surface area contributed by atoms with Crippen LogP contribution in [0.15, 0.2) is 71.6 Å². The van der Waals surface area contributed by atoms with Gasteiger partial charge < -0.3 is 10.6 Å². The monoisotopic (exact) mass is 480 g/mol. The first kappa shape index (κ1) is 22.3. The number of carbonyl (C=O) groups is 1. The summed E-state index contributed by atoms with van der Waals surface area (Å²) in [7, 11) is -4.06. The number of amides is 2. The Hall–Kier alpha value is -3.34. The maximum absolute atomic E-state index is 12.6. The molecule has 0 spiro atoms. The van der Waals surface area contributed by atoms with Gasteiger partial charge in [0.15, 0.2) is 0 Å². The van der Waals surface area contributed by atoms with Crippen LogP contribution in [0.25, 0.3) is 0 Å². The summed E-state index contributed by atoms with van der Waals surface area (Å²) < 4.78 is 27.7. The molecule has 3 rings (SSSR count). The van der Waals surface area contributed by atoms with Crippen LogP contribution in [0.5, 0.6) is 0 Å². The van der Waals surface area contributed by atoms with E-state index >= 15 is 0 Å². The van der Waals surface area contributed by atoms with Gasteiger partial charge in [0.1, 0.15) is 0 Å². The molecule has 0 aromatic heterocycles. The zero-order valence-electron chi connectivity index (χ0n) is 15.5. The molecule has 0 saturated carbocycles. The average molecular weight is 481 g/mol. The molecule has 9 nitrogen and oxygen atoms in total. The third-order valence-corrected chi connectivity index (χ3v) is 5.89. The van der Waals surface area contributed by atoms with Crippen molar-refractivity contribution in [1.29, 1.82) is 0 Å². The SMILES string of the molecule is O=C(Nc1ccc(Cl)cc1Cl)Nc1ccccc1NS(=O)(=O)c1ccc([N+](=O)[O-])cc1. The van der Waals surface area contributed by atoms with Gasteiger partial charge in [-0.05, 0) is 42.5 Å². The van der Waals surface area contributed by atoms with E-state index in [0.717, 1.165) is 24.3 Å². The number of non-ortho nitro benzene ring substituents is 1. The molecule has 0 aliphatic carbocycles. The fourth-order valence-corrected chi connectivity index (χ4v) is 4.03. The maximum atomic E-state index is 12.6. The lowest BCUT2D eigenvalue weighted by Crippen LogP contribution is -2.21. The highest BCUT2D eigenvalue weighted by Crippen LogP contribution is 2.27. The van der Waals surface area contributed by atoms with Crippen molar-refractivity contribution in [2.75, 3.05) is 15.4 Å². The van der Waals surface area contributed by atoms with Crippen LogP contribution < -0.4 is 15.4 Å². The number of carbonyl (C=O) groups excluding carboxylic acids is 1. The van der Waals surface area contributed by atoms with Crippen molar-refractivity contribution in [2.45, 2.75) is 4.90 Å². The van der Waals surface area contributed by atoms with Gasteiger partial charge in [-0.15, -0.1) is 0 Å². The largest absolute Gasteiger partial charge is 0.323 e. The third-order valence-electron chi connectivity index (χ3n) is 3.96. The van der Waals surface area contributed by atoms with Crippen LogP contribution in [0.3, 0.4) is 0 Å². The summed E-state index contributed by atoms with van der Waals surface area (Å²) in [5.74, 6) is 0. The highest BCUT2D eigenvalue weighted by Gasteiger charge is 2.18. The lowest BCUT2D eigenvalue weighted by atomic mass is 10.3. The van der Waals surface area contributed by atoms with Crippen molar-refractivity contribution < 1.29 is 18.1 Å². The molecule has 0 saturated heterocycles. The lowest BCUT2D eigenvalue weighted by molar-refractivity contribution is -0.384. The Kier molecular flexibility index (Phi) is 6.64. The first-order chi connectivity index (χ1) is 14.7. The number of halogens is 2. The second-order valence-corrected chi connectivity index (χ2v) is 8.63. The van der Waals surface area contributed by atoms with Crippen LogP contribution in [0.4, 0.5) is 27.5 Å². The van der Waals surface area contributed by atoms with Crippen molar-refractivity contribution >= 4 is 62.0 Å². The van der Waals surface area contributed by atoms with Gasteiger partial charge in [-0.25, -0.2) is 13.2 Å². The van der Waals surface area contributed by atoms with Crippen LogP contribution in [-0.2, 0) is 10.0 Å². The third kappa shape index (κ3) is 5.63. The van der Waals surface area contributed by atoms with Gasteiger partial charge >= 0.3 is 6.03 Å². The fourth-order valence-electron chi connectivity index (χ4n) is 2.50. The average Bonchev–Trinajstić information content (AvgIpc) is 2.71. The number of nitrogens with one attached hydrogen (secondary N) is 3. The number of anilines is 3. The lowest BCUT2D eigenvalue weighted by Gasteiger charge is -2.14. The number of hydrogen-bond donors (Lipinski definition) is 3. The Labute approximate surface area is 187 Å². The standard InChI is InChI=1S/C19H14Cl2N4O5S/c20-12-5-10-16(15(21)11-12)22-19(26)23-17-3-1-2-4-18(17)24-31(29,30)14-8-6-13(7-9-14)25(27)28/h1-11,24H,(H2,22,23,26). The van der Waals surface area contributed by atoms with Gasteiger partial charge in [0.2, 0.25) is 0 Å². The molecule has 0 fully saturated rings. The molecule has 2 amide bonds. The first-order valence-corrected chi connectivity index (χ1v) is 10.8. The Bertz CT molecular complexity index is 1250. The van der Waals surface area contributed by atoms with Crippen molar-refractivity contribution in [2.24, 2.45) is 0 Å². The van der Waals surface area contributed by atoms with E-state index in [4.69, 9.17) is 23.2 Å². The van der Waals surface area contributed by atoms with Crippen molar-refractivity contribution in [1.82, 2.24) is 0 Å². The molecule has 3 aromatic carbocycles. The number of rotatable bonds is 6. The summed E-state index contributed by atoms with van der Waals surface area (Å²) in [6.45, 7) is 0. The van der Waals surface area contributed by atoms with Crippen LogP contribution in [0.1, 0.15) is 0 Å². The molecule has 0 radical (unpaired) electrons. The topological polar surface area (TPSA) is 130 Å². The molecule has 3 N–H and O–H groups in total. The highest BCUT2D eigenvalue weighted by atomic mass is 35.5. The van der Waals surface area contributed by atoms with E-state index in [0.29, 0.717) is 10.7 Å². The summed E-state index contributed by atoms with van der Waals surface area (Å²) in [6, 6.07) is 14.4. The van der Waals surface area contributed by atoms with Gasteiger partial charge in [-0.1, -0.05) is 35.3 Å². The van der Waals surface area contributed by atoms with Gasteiger partial charge in [0.25, 0.3) is 15.7 Å². The van der Waals surface area contributed by atoms with Gasteiger partial charge in [-0.3, -0.25) is 14.8 Å². The van der Waals surface area contributed by atoms with Gasteiger partial charge in [0.05, 0.1) is 31.9 Å². The summed E-state index contributed by atoms with van der Waals surface area (Å²) in [4.78, 5) is 22.3. The second-order valence-electron chi connectivity index (χ2n) is 6.11. The number of urea groups is 1.